The average Bonchev–Trinajstić information content (AvgIpc) is 3.30. The second-order valence-electron chi connectivity index (χ2n) is 10.4. The molecule has 0 unspecified atom stereocenters. The van der Waals surface area contributed by atoms with Crippen LogP contribution in [0.4, 0.5) is 0 Å². The largest absolute Gasteiger partial charge is 0.497 e. The molecule has 3 rings (SSSR count). The summed E-state index contributed by atoms with van der Waals surface area (Å²) in [6, 6.07) is 3.69. The van der Waals surface area contributed by atoms with Gasteiger partial charge in [0.1, 0.15) is 12.4 Å². The maximum atomic E-state index is 13.1. The summed E-state index contributed by atoms with van der Waals surface area (Å²) in [5, 5.41) is 0. The van der Waals surface area contributed by atoms with Crippen molar-refractivity contribution in [3.8, 4) is 5.75 Å². The highest BCUT2D eigenvalue weighted by molar-refractivity contribution is 7.89. The number of piperazine rings is 1. The van der Waals surface area contributed by atoms with E-state index in [1.807, 2.05) is 11.9 Å². The van der Waals surface area contributed by atoms with Crippen LogP contribution in [0.15, 0.2) is 17.0 Å². The third kappa shape index (κ3) is 7.19. The van der Waals surface area contributed by atoms with E-state index in [1.54, 1.807) is 33.1 Å². The molecule has 0 aromatic heterocycles. The lowest BCUT2D eigenvalue weighted by molar-refractivity contribution is -0.136. The van der Waals surface area contributed by atoms with E-state index in [1.165, 1.54) is 11.4 Å². The minimum atomic E-state index is -3.68. The van der Waals surface area contributed by atoms with Crippen molar-refractivity contribution in [2.24, 2.45) is 5.92 Å². The van der Waals surface area contributed by atoms with Gasteiger partial charge in [-0.1, -0.05) is 0 Å². The van der Waals surface area contributed by atoms with Crippen molar-refractivity contribution < 1.29 is 22.7 Å². The van der Waals surface area contributed by atoms with Gasteiger partial charge in [0.2, 0.25) is 15.9 Å². The minimum absolute atomic E-state index is 0.0371. The van der Waals surface area contributed by atoms with Gasteiger partial charge >= 0.3 is 0 Å². The fraction of sp³-hybridized carbons (Fsp3) is 0.731. The van der Waals surface area contributed by atoms with Gasteiger partial charge in [-0.25, -0.2) is 8.42 Å². The van der Waals surface area contributed by atoms with Crippen molar-refractivity contribution in [2.75, 3.05) is 80.7 Å². The molecular weight excluding hydrogens is 480 g/mol. The Morgan fingerprint density at radius 3 is 2.33 bits per heavy atom. The number of hydrogen-bond donors (Lipinski definition) is 0. The first-order valence-corrected chi connectivity index (χ1v) is 14.3. The van der Waals surface area contributed by atoms with E-state index in [0.29, 0.717) is 22.8 Å². The highest BCUT2D eigenvalue weighted by atomic mass is 32.2. The Balaban J connectivity index is 1.41. The van der Waals surface area contributed by atoms with Crippen LogP contribution in [0.5, 0.6) is 5.75 Å². The summed E-state index contributed by atoms with van der Waals surface area (Å²) in [5.41, 5.74) is 1.28. The molecule has 0 N–H and O–H groups in total. The Kier molecular flexibility index (Phi) is 10.2. The molecule has 204 valence electrons. The second kappa shape index (κ2) is 12.7. The van der Waals surface area contributed by atoms with Crippen molar-refractivity contribution in [2.45, 2.75) is 44.0 Å². The molecule has 10 heteroatoms. The summed E-state index contributed by atoms with van der Waals surface area (Å²) in [7, 11) is 3.45. The van der Waals surface area contributed by atoms with E-state index in [4.69, 9.17) is 9.47 Å². The predicted octanol–water partition coefficient (Wildman–Crippen LogP) is 1.82. The number of carbonyl (C=O) groups is 1. The number of hydrogen-bond acceptors (Lipinski definition) is 7. The first kappa shape index (κ1) is 28.8. The van der Waals surface area contributed by atoms with Crippen molar-refractivity contribution in [3.63, 3.8) is 0 Å². The van der Waals surface area contributed by atoms with Crippen LogP contribution in [0.25, 0.3) is 0 Å². The number of carbonyl (C=O) groups excluding carboxylic acids is 1. The summed E-state index contributed by atoms with van der Waals surface area (Å²) in [5.74, 6) is 1.22. The molecule has 1 aliphatic heterocycles. The van der Waals surface area contributed by atoms with E-state index >= 15 is 0 Å². The van der Waals surface area contributed by atoms with Gasteiger partial charge in [-0.3, -0.25) is 4.79 Å². The van der Waals surface area contributed by atoms with Crippen molar-refractivity contribution >= 4 is 15.9 Å². The lowest BCUT2D eigenvalue weighted by Crippen LogP contribution is -2.46. The predicted molar refractivity (Wildman–Crippen MR) is 141 cm³/mol. The van der Waals surface area contributed by atoms with Crippen LogP contribution in [0, 0.1) is 19.8 Å². The van der Waals surface area contributed by atoms with Gasteiger partial charge in [0, 0.05) is 59.4 Å². The van der Waals surface area contributed by atoms with Gasteiger partial charge in [-0.05, 0) is 69.3 Å². The van der Waals surface area contributed by atoms with Gasteiger partial charge in [0.05, 0.1) is 18.6 Å². The topological polar surface area (TPSA) is 82.6 Å². The first-order valence-electron chi connectivity index (χ1n) is 12.9. The molecule has 1 aromatic carbocycles. The Labute approximate surface area is 217 Å². The Morgan fingerprint density at radius 2 is 1.72 bits per heavy atom. The molecule has 1 aromatic rings. The van der Waals surface area contributed by atoms with Crippen LogP contribution >= 0.6 is 0 Å². The van der Waals surface area contributed by atoms with E-state index in [9.17, 15) is 13.2 Å². The number of benzene rings is 1. The van der Waals surface area contributed by atoms with Gasteiger partial charge in [0.25, 0.3) is 0 Å². The molecule has 36 heavy (non-hydrogen) atoms. The van der Waals surface area contributed by atoms with Gasteiger partial charge < -0.3 is 24.2 Å². The molecule has 2 atom stereocenters. The quantitative estimate of drug-likeness (QED) is 0.409. The molecule has 1 saturated carbocycles. The van der Waals surface area contributed by atoms with E-state index < -0.39 is 10.0 Å². The third-order valence-corrected chi connectivity index (χ3v) is 9.84. The van der Waals surface area contributed by atoms with Crippen molar-refractivity contribution in [3.05, 3.63) is 23.3 Å². The zero-order valence-corrected chi connectivity index (χ0v) is 23.6. The summed E-state index contributed by atoms with van der Waals surface area (Å²) in [6.45, 7) is 9.44. The molecule has 1 aliphatic carbocycles. The SMILES string of the molecule is COc1cc(C)c(S(=O)(=O)N(C)CCOCC(=O)N(C)[C@H]2CC[C@@H](CN3CCN(C)CC3)C2)c(C)c1. The number of sulfonamides is 1. The summed E-state index contributed by atoms with van der Waals surface area (Å²) in [4.78, 5) is 19.8. The first-order chi connectivity index (χ1) is 17.0. The Morgan fingerprint density at radius 1 is 1.08 bits per heavy atom. The van der Waals surface area contributed by atoms with Crippen LogP contribution in [-0.2, 0) is 19.6 Å². The minimum Gasteiger partial charge on any atom is -0.497 e. The number of nitrogens with zero attached hydrogens (tertiary/aromatic N) is 4. The monoisotopic (exact) mass is 524 g/mol. The number of methoxy groups -OCH3 is 1. The maximum absolute atomic E-state index is 13.1. The molecule has 1 amide bonds. The zero-order chi connectivity index (χ0) is 26.5. The molecule has 0 spiro atoms. The van der Waals surface area contributed by atoms with Crippen LogP contribution in [0.2, 0.25) is 0 Å². The molecule has 1 heterocycles. The van der Waals surface area contributed by atoms with E-state index in [2.05, 4.69) is 16.8 Å². The number of aryl methyl sites for hydroxylation is 2. The van der Waals surface area contributed by atoms with Crippen LogP contribution < -0.4 is 4.74 Å². The van der Waals surface area contributed by atoms with Crippen molar-refractivity contribution in [1.82, 2.24) is 19.0 Å². The molecule has 9 nitrogen and oxygen atoms in total. The van der Waals surface area contributed by atoms with Crippen LogP contribution in [0.1, 0.15) is 30.4 Å². The van der Waals surface area contributed by atoms with E-state index in [-0.39, 0.29) is 36.6 Å². The summed E-state index contributed by atoms with van der Waals surface area (Å²) < 4.78 is 38.4. The van der Waals surface area contributed by atoms with E-state index in [0.717, 1.165) is 52.0 Å². The number of amides is 1. The van der Waals surface area contributed by atoms with Crippen LogP contribution in [-0.4, -0.2) is 120 Å². The number of likely N-dealkylation sites (N-methyl/N-ethyl adjacent to an activating group) is 3. The highest BCUT2D eigenvalue weighted by Gasteiger charge is 2.31. The Bertz CT molecular complexity index is 971. The standard InChI is InChI=1S/C26H44N4O5S/c1-20-15-24(34-6)16-21(2)26(20)36(32,33)28(4)13-14-35-19-25(31)29(5)23-8-7-22(17-23)18-30-11-9-27(3)10-12-30/h15-16,22-23H,7-14,17-19H2,1-6H3/t22-,23+/m1/s1. The molecule has 1 saturated heterocycles. The lowest BCUT2D eigenvalue weighted by atomic mass is 10.1. The second-order valence-corrected chi connectivity index (χ2v) is 12.4. The fourth-order valence-corrected chi connectivity index (χ4v) is 6.89. The highest BCUT2D eigenvalue weighted by Crippen LogP contribution is 2.30. The smallest absolute Gasteiger partial charge is 0.248 e. The molecule has 0 radical (unpaired) electrons. The summed E-state index contributed by atoms with van der Waals surface area (Å²) in [6.07, 6.45) is 3.22. The van der Waals surface area contributed by atoms with Gasteiger partial charge in [0.15, 0.2) is 0 Å². The Hall–Kier alpha value is -1.72. The normalized spacial score (nSPS) is 21.8. The molecular formula is C26H44N4O5S. The van der Waals surface area contributed by atoms with Crippen LogP contribution in [0.3, 0.4) is 0 Å². The molecule has 2 aliphatic rings. The third-order valence-electron chi connectivity index (χ3n) is 7.68. The van der Waals surface area contributed by atoms with Crippen molar-refractivity contribution in [1.29, 1.82) is 0 Å². The fourth-order valence-electron chi connectivity index (χ4n) is 5.33. The van der Waals surface area contributed by atoms with Gasteiger partial charge in [-0.15, -0.1) is 0 Å². The number of ether oxygens (including phenoxy) is 2. The van der Waals surface area contributed by atoms with Gasteiger partial charge in [-0.2, -0.15) is 4.31 Å². The summed E-state index contributed by atoms with van der Waals surface area (Å²) >= 11 is 0. The average molecular weight is 525 g/mol. The zero-order valence-electron chi connectivity index (χ0n) is 22.8. The molecule has 0 bridgehead atoms. The maximum Gasteiger partial charge on any atom is 0.248 e. The number of rotatable bonds is 11. The lowest BCUT2D eigenvalue weighted by Gasteiger charge is -2.34. The molecule has 2 fully saturated rings.